The van der Waals surface area contributed by atoms with Gasteiger partial charge in [-0.3, -0.25) is 4.79 Å². The zero-order valence-corrected chi connectivity index (χ0v) is 8.47. The van der Waals surface area contributed by atoms with Gasteiger partial charge in [-0.1, -0.05) is 0 Å². The lowest BCUT2D eigenvalue weighted by Crippen LogP contribution is -2.13. The molecule has 1 aliphatic heterocycles. The van der Waals surface area contributed by atoms with Crippen molar-refractivity contribution in [1.29, 1.82) is 0 Å². The number of aldehydes is 1. The molecule has 14 heavy (non-hydrogen) atoms. The summed E-state index contributed by atoms with van der Waals surface area (Å²) in [6.45, 7) is 1.20. The zero-order chi connectivity index (χ0) is 10.4. The lowest BCUT2D eigenvalue weighted by Gasteiger charge is -2.13. The van der Waals surface area contributed by atoms with Gasteiger partial charge in [0.1, 0.15) is 6.29 Å². The fourth-order valence-electron chi connectivity index (χ4n) is 1.18. The number of rotatable bonds is 4. The first-order valence-corrected chi connectivity index (χ1v) is 4.47. The van der Waals surface area contributed by atoms with Gasteiger partial charge in [-0.05, 0) is 12.2 Å². The summed E-state index contributed by atoms with van der Waals surface area (Å²) in [5.41, 5.74) is 0.847. The molecule has 4 heteroatoms. The molecule has 1 rings (SSSR count). The summed E-state index contributed by atoms with van der Waals surface area (Å²) >= 11 is 0. The molecule has 78 valence electrons. The average Bonchev–Trinajstić information content (AvgIpc) is 2.64. The predicted octanol–water partition coefficient (Wildman–Crippen LogP) is 0.560. The number of allylic oxidation sites excluding steroid dienone is 1. The van der Waals surface area contributed by atoms with Crippen LogP contribution in [-0.4, -0.2) is 44.8 Å². The Kier molecular flexibility index (Phi) is 4.35. The third-order valence-electron chi connectivity index (χ3n) is 1.67. The quantitative estimate of drug-likeness (QED) is 0.375. The number of ether oxygens (including phenoxy) is 2. The molecule has 0 aromatic rings. The highest BCUT2D eigenvalue weighted by molar-refractivity contribution is 5.65. The Morgan fingerprint density at radius 2 is 2.00 bits per heavy atom. The van der Waals surface area contributed by atoms with Gasteiger partial charge in [-0.25, -0.2) is 0 Å². The minimum atomic E-state index is -0.339. The summed E-state index contributed by atoms with van der Waals surface area (Å²) in [6, 6.07) is 0. The Morgan fingerprint density at radius 1 is 1.36 bits per heavy atom. The van der Waals surface area contributed by atoms with Crippen LogP contribution < -0.4 is 0 Å². The van der Waals surface area contributed by atoms with Crippen molar-refractivity contribution < 1.29 is 14.3 Å². The lowest BCUT2D eigenvalue weighted by atomic mass is 10.2. The maximum atomic E-state index is 10.2. The standard InChI is InChI=1S/C10H15NO3/c1-11(2)8-9(4-3-5-12)10-13-6-7-14-10/h3-5,8,10H,6-7H2,1-2H3/b4-3-,9-8+. The molecule has 0 saturated carbocycles. The van der Waals surface area contributed by atoms with Crippen molar-refractivity contribution in [3.63, 3.8) is 0 Å². The van der Waals surface area contributed by atoms with Gasteiger partial charge in [-0.15, -0.1) is 0 Å². The minimum absolute atomic E-state index is 0.339. The smallest absolute Gasteiger partial charge is 0.185 e. The molecule has 1 heterocycles. The summed E-state index contributed by atoms with van der Waals surface area (Å²) in [5, 5.41) is 0. The van der Waals surface area contributed by atoms with E-state index in [0.717, 1.165) is 11.9 Å². The average molecular weight is 197 g/mol. The Balaban J connectivity index is 2.69. The van der Waals surface area contributed by atoms with Gasteiger partial charge >= 0.3 is 0 Å². The van der Waals surface area contributed by atoms with Gasteiger partial charge in [0.25, 0.3) is 0 Å². The van der Waals surface area contributed by atoms with E-state index in [9.17, 15) is 4.79 Å². The normalized spacial score (nSPS) is 19.1. The van der Waals surface area contributed by atoms with Crippen molar-refractivity contribution in [3.8, 4) is 0 Å². The molecule has 0 spiro atoms. The van der Waals surface area contributed by atoms with Crippen molar-refractivity contribution in [2.45, 2.75) is 6.29 Å². The Hall–Kier alpha value is -1.13. The molecule has 0 bridgehead atoms. The van der Waals surface area contributed by atoms with Crippen molar-refractivity contribution >= 4 is 6.29 Å². The van der Waals surface area contributed by atoms with E-state index in [1.807, 2.05) is 25.2 Å². The van der Waals surface area contributed by atoms with Crippen molar-refractivity contribution in [2.75, 3.05) is 27.3 Å². The first kappa shape index (κ1) is 10.9. The first-order chi connectivity index (χ1) is 6.74. The number of carbonyl (C=O) groups excluding carboxylic acids is 1. The van der Waals surface area contributed by atoms with Gasteiger partial charge in [0.2, 0.25) is 0 Å². The van der Waals surface area contributed by atoms with Crippen molar-refractivity contribution in [1.82, 2.24) is 4.90 Å². The molecule has 0 aromatic carbocycles. The van der Waals surface area contributed by atoms with Crippen LogP contribution in [0.4, 0.5) is 0 Å². The third kappa shape index (κ3) is 3.32. The monoisotopic (exact) mass is 197 g/mol. The maximum absolute atomic E-state index is 10.2. The molecule has 0 aromatic heterocycles. The third-order valence-corrected chi connectivity index (χ3v) is 1.67. The van der Waals surface area contributed by atoms with Crippen LogP contribution in [0.3, 0.4) is 0 Å². The van der Waals surface area contributed by atoms with E-state index in [0.29, 0.717) is 13.2 Å². The van der Waals surface area contributed by atoms with Crippen LogP contribution in [0.5, 0.6) is 0 Å². The maximum Gasteiger partial charge on any atom is 0.185 e. The predicted molar refractivity (Wildman–Crippen MR) is 52.7 cm³/mol. The van der Waals surface area contributed by atoms with E-state index in [2.05, 4.69) is 0 Å². The Labute approximate surface area is 83.8 Å². The van der Waals surface area contributed by atoms with E-state index >= 15 is 0 Å². The Bertz CT molecular complexity index is 240. The molecule has 0 radical (unpaired) electrons. The summed E-state index contributed by atoms with van der Waals surface area (Å²) in [6.07, 6.45) is 5.39. The van der Waals surface area contributed by atoms with E-state index in [4.69, 9.17) is 9.47 Å². The zero-order valence-electron chi connectivity index (χ0n) is 8.47. The van der Waals surface area contributed by atoms with E-state index in [1.54, 1.807) is 6.08 Å². The van der Waals surface area contributed by atoms with Crippen molar-refractivity contribution in [2.24, 2.45) is 0 Å². The number of hydrogen-bond acceptors (Lipinski definition) is 4. The number of hydrogen-bond donors (Lipinski definition) is 0. The molecule has 0 amide bonds. The summed E-state index contributed by atoms with van der Waals surface area (Å²) in [7, 11) is 3.81. The summed E-state index contributed by atoms with van der Waals surface area (Å²) in [4.78, 5) is 12.1. The van der Waals surface area contributed by atoms with E-state index in [1.165, 1.54) is 6.08 Å². The molecule has 0 aliphatic carbocycles. The minimum Gasteiger partial charge on any atom is -0.383 e. The molecule has 1 fully saturated rings. The Morgan fingerprint density at radius 3 is 2.50 bits per heavy atom. The van der Waals surface area contributed by atoms with Crippen LogP contribution >= 0.6 is 0 Å². The van der Waals surface area contributed by atoms with Gasteiger partial charge in [0.15, 0.2) is 6.29 Å². The molecular formula is C10H15NO3. The molecule has 4 nitrogen and oxygen atoms in total. The van der Waals surface area contributed by atoms with Crippen LogP contribution in [0.1, 0.15) is 0 Å². The fraction of sp³-hybridized carbons (Fsp3) is 0.500. The molecule has 0 unspecified atom stereocenters. The highest BCUT2D eigenvalue weighted by Crippen LogP contribution is 2.15. The lowest BCUT2D eigenvalue weighted by molar-refractivity contribution is -0.104. The molecule has 0 atom stereocenters. The van der Waals surface area contributed by atoms with Crippen molar-refractivity contribution in [3.05, 3.63) is 23.9 Å². The highest BCUT2D eigenvalue weighted by atomic mass is 16.7. The molecular weight excluding hydrogens is 182 g/mol. The molecule has 1 aliphatic rings. The number of carbonyl (C=O) groups is 1. The second-order valence-corrected chi connectivity index (χ2v) is 3.16. The molecule has 0 N–H and O–H groups in total. The second-order valence-electron chi connectivity index (χ2n) is 3.16. The van der Waals surface area contributed by atoms with E-state index in [-0.39, 0.29) is 6.29 Å². The van der Waals surface area contributed by atoms with Crippen LogP contribution in [0.15, 0.2) is 23.9 Å². The topological polar surface area (TPSA) is 38.8 Å². The summed E-state index contributed by atoms with van der Waals surface area (Å²) < 4.78 is 10.7. The SMILES string of the molecule is CN(C)/C=C(\C=C/C=O)C1OCCO1. The van der Waals surface area contributed by atoms with Crippen LogP contribution in [0, 0.1) is 0 Å². The van der Waals surface area contributed by atoms with Gasteiger partial charge in [-0.2, -0.15) is 0 Å². The summed E-state index contributed by atoms with van der Waals surface area (Å²) in [5.74, 6) is 0. The molecule has 1 saturated heterocycles. The second kappa shape index (κ2) is 5.57. The van der Waals surface area contributed by atoms with E-state index < -0.39 is 0 Å². The highest BCUT2D eigenvalue weighted by Gasteiger charge is 2.18. The van der Waals surface area contributed by atoms with Crippen LogP contribution in [0.25, 0.3) is 0 Å². The first-order valence-electron chi connectivity index (χ1n) is 4.47. The largest absolute Gasteiger partial charge is 0.383 e. The van der Waals surface area contributed by atoms with Gasteiger partial charge in [0.05, 0.1) is 13.2 Å². The number of nitrogens with zero attached hydrogens (tertiary/aromatic N) is 1. The van der Waals surface area contributed by atoms with Crippen LogP contribution in [-0.2, 0) is 14.3 Å². The van der Waals surface area contributed by atoms with Gasteiger partial charge in [0, 0.05) is 25.9 Å². The van der Waals surface area contributed by atoms with Crippen LogP contribution in [0.2, 0.25) is 0 Å². The fourth-order valence-corrected chi connectivity index (χ4v) is 1.18. The van der Waals surface area contributed by atoms with Gasteiger partial charge < -0.3 is 14.4 Å².